The van der Waals surface area contributed by atoms with Crippen molar-refractivity contribution in [3.05, 3.63) is 57.6 Å². The molecule has 0 aromatic heterocycles. The fraction of sp³-hybridized carbons (Fsp3) is 0.600. The van der Waals surface area contributed by atoms with E-state index >= 15 is 0 Å². The van der Waals surface area contributed by atoms with Crippen molar-refractivity contribution in [2.24, 2.45) is 0 Å². The van der Waals surface area contributed by atoms with E-state index in [9.17, 15) is 19.8 Å². The number of carbonyl (C=O) groups excluding carboxylic acids is 2. The average molecular weight is 725 g/mol. The van der Waals surface area contributed by atoms with Crippen molar-refractivity contribution in [1.29, 1.82) is 0 Å². The molecule has 2 aliphatic rings. The molecule has 2 aromatic rings. The van der Waals surface area contributed by atoms with Crippen LogP contribution in [0.15, 0.2) is 24.3 Å². The van der Waals surface area contributed by atoms with Crippen molar-refractivity contribution in [3.63, 3.8) is 0 Å². The number of hydrogen-bond acceptors (Lipinski definition) is 12. The van der Waals surface area contributed by atoms with Crippen LogP contribution in [-0.2, 0) is 24.5 Å². The maximum atomic E-state index is 12.3. The van der Waals surface area contributed by atoms with Crippen molar-refractivity contribution in [2.75, 3.05) is 60.9 Å². The molecular weight excluding hydrogens is 677 g/mol. The van der Waals surface area contributed by atoms with Crippen LogP contribution in [0.1, 0.15) is 47.2 Å². The highest BCUT2D eigenvalue weighted by atomic mass is 32.2. The van der Waals surface area contributed by atoms with Crippen molar-refractivity contribution in [3.8, 4) is 11.5 Å². The topological polar surface area (TPSA) is 112 Å². The lowest BCUT2D eigenvalue weighted by atomic mass is 9.76. The molecule has 2 N–H and O–H groups in total. The van der Waals surface area contributed by atoms with Gasteiger partial charge in [0.2, 0.25) is 0 Å². The Bertz CT molecular complexity index is 1220. The average Bonchev–Trinajstić information content (AvgIpc) is 3.05. The first kappa shape index (κ1) is 38.1. The Labute approximate surface area is 296 Å². The van der Waals surface area contributed by atoms with Crippen LogP contribution in [0.3, 0.4) is 0 Å². The van der Waals surface area contributed by atoms with Crippen LogP contribution in [0, 0.1) is 27.7 Å². The van der Waals surface area contributed by atoms with Crippen molar-refractivity contribution < 1.29 is 38.7 Å². The van der Waals surface area contributed by atoms with Gasteiger partial charge in [-0.3, -0.25) is 9.59 Å². The Hall–Kier alpha value is -1.70. The van der Waals surface area contributed by atoms with E-state index < -0.39 is 12.2 Å². The molecule has 4 unspecified atom stereocenters. The van der Waals surface area contributed by atoms with Gasteiger partial charge in [-0.2, -0.15) is 23.5 Å². The van der Waals surface area contributed by atoms with Crippen LogP contribution in [0.5, 0.6) is 11.5 Å². The second-order valence-corrected chi connectivity index (χ2v) is 17.5. The molecule has 260 valence electrons. The molecule has 2 fully saturated rings. The van der Waals surface area contributed by atoms with Crippen LogP contribution < -0.4 is 9.47 Å². The van der Waals surface area contributed by atoms with Gasteiger partial charge in [-0.1, -0.05) is 38.1 Å². The first-order valence-electron chi connectivity index (χ1n) is 15.9. The predicted octanol–water partition coefficient (Wildman–Crippen LogP) is 5.51. The summed E-state index contributed by atoms with van der Waals surface area (Å²) >= 11 is 6.73. The lowest BCUT2D eigenvalue weighted by Crippen LogP contribution is -2.31. The van der Waals surface area contributed by atoms with Crippen LogP contribution in [0.2, 0.25) is 0 Å². The van der Waals surface area contributed by atoms with Crippen LogP contribution in [0.4, 0.5) is 0 Å². The van der Waals surface area contributed by atoms with Gasteiger partial charge in [-0.25, -0.2) is 0 Å². The lowest BCUT2D eigenvalue weighted by Gasteiger charge is -2.29. The Morgan fingerprint density at radius 2 is 1.04 bits per heavy atom. The minimum atomic E-state index is -0.919. The monoisotopic (exact) mass is 724 g/mol. The van der Waals surface area contributed by atoms with Crippen LogP contribution >= 0.6 is 47.0 Å². The molecule has 2 aliphatic heterocycles. The van der Waals surface area contributed by atoms with E-state index in [1.54, 1.807) is 47.0 Å². The maximum Gasteiger partial charge on any atom is 0.320 e. The quantitative estimate of drug-likeness (QED) is 0.240. The van der Waals surface area contributed by atoms with Gasteiger partial charge in [0.05, 0.1) is 0 Å². The second-order valence-electron chi connectivity index (χ2n) is 12.6. The van der Waals surface area contributed by atoms with E-state index in [-0.39, 0.29) is 54.3 Å². The van der Waals surface area contributed by atoms with Crippen LogP contribution in [-0.4, -0.2) is 106 Å². The molecular formula is C35H48O8S4. The van der Waals surface area contributed by atoms with Gasteiger partial charge in [-0.05, 0) is 61.1 Å². The highest BCUT2D eigenvalue weighted by Gasteiger charge is 2.28. The van der Waals surface area contributed by atoms with E-state index in [4.69, 9.17) is 18.9 Å². The summed E-state index contributed by atoms with van der Waals surface area (Å²) in [4.78, 5) is 24.6. The number of benzene rings is 2. The number of carbonyl (C=O) groups is 2. The molecule has 4 rings (SSSR count). The van der Waals surface area contributed by atoms with Gasteiger partial charge in [0.15, 0.2) is 0 Å². The molecule has 2 saturated heterocycles. The van der Waals surface area contributed by atoms with E-state index in [0.717, 1.165) is 67.9 Å². The number of aryl methyl sites for hydroxylation is 4. The number of aliphatic hydroxyl groups excluding tert-OH is 2. The third-order valence-electron chi connectivity index (χ3n) is 8.20. The minimum Gasteiger partial charge on any atom is -0.490 e. The third-order valence-corrected chi connectivity index (χ3v) is 13.7. The molecule has 0 radical (unpaired) electrons. The summed E-state index contributed by atoms with van der Waals surface area (Å²) < 4.78 is 22.8. The van der Waals surface area contributed by atoms with Crippen LogP contribution in [0.25, 0.3) is 0 Å². The Balaban J connectivity index is 1.32. The normalized spacial score (nSPS) is 19.8. The number of ether oxygens (including phenoxy) is 4. The first-order valence-corrected chi connectivity index (χ1v) is 20.3. The number of hydrogen-bond donors (Lipinski definition) is 2. The predicted molar refractivity (Wildman–Crippen MR) is 196 cm³/mol. The zero-order valence-electron chi connectivity index (χ0n) is 28.2. The SMILES string of the molecule is Cc1cc(C(C)(C)c2cc(C)c(OCC(O)COC(=O)C3CSCCS3)c(C)c2)cc(C)c1OCC(O)COC(=O)C1CSCCS1. The number of rotatable bonds is 14. The number of thioether (sulfide) groups is 4. The van der Waals surface area contributed by atoms with E-state index in [1.165, 1.54) is 0 Å². The molecule has 47 heavy (non-hydrogen) atoms. The van der Waals surface area contributed by atoms with Crippen molar-refractivity contribution in [2.45, 2.75) is 69.7 Å². The summed E-state index contributed by atoms with van der Waals surface area (Å²) in [6.07, 6.45) is -1.84. The zero-order valence-corrected chi connectivity index (χ0v) is 31.4. The molecule has 0 aliphatic carbocycles. The molecule has 12 heteroatoms. The summed E-state index contributed by atoms with van der Waals surface area (Å²) in [6, 6.07) is 8.46. The van der Waals surface area contributed by atoms with E-state index in [1.807, 2.05) is 27.7 Å². The van der Waals surface area contributed by atoms with Gasteiger partial charge in [0.25, 0.3) is 0 Å². The molecule has 0 bridgehead atoms. The summed E-state index contributed by atoms with van der Waals surface area (Å²) in [5.41, 5.74) is 5.73. The van der Waals surface area contributed by atoms with Crippen molar-refractivity contribution in [1.82, 2.24) is 0 Å². The third kappa shape index (κ3) is 10.6. The summed E-state index contributed by atoms with van der Waals surface area (Å²) in [5.74, 6) is 6.35. The molecule has 4 atom stereocenters. The van der Waals surface area contributed by atoms with Gasteiger partial charge < -0.3 is 29.2 Å². The Morgan fingerprint density at radius 1 is 0.681 bits per heavy atom. The smallest absolute Gasteiger partial charge is 0.320 e. The largest absolute Gasteiger partial charge is 0.490 e. The first-order chi connectivity index (χ1) is 22.4. The summed E-state index contributed by atoms with van der Waals surface area (Å²) in [6.45, 7) is 12.2. The number of esters is 2. The molecule has 0 saturated carbocycles. The lowest BCUT2D eigenvalue weighted by molar-refractivity contribution is -0.146. The van der Waals surface area contributed by atoms with Gasteiger partial charge in [-0.15, -0.1) is 23.5 Å². The summed E-state index contributed by atoms with van der Waals surface area (Å²) in [5, 5.41) is 20.6. The van der Waals surface area contributed by atoms with Gasteiger partial charge >= 0.3 is 11.9 Å². The molecule has 0 spiro atoms. The Kier molecular flexibility index (Phi) is 14.4. The summed E-state index contributed by atoms with van der Waals surface area (Å²) in [7, 11) is 0. The molecule has 2 aromatic carbocycles. The minimum absolute atomic E-state index is 0.0278. The Morgan fingerprint density at radius 3 is 1.36 bits per heavy atom. The highest BCUT2D eigenvalue weighted by molar-refractivity contribution is 8.07. The molecule has 2 heterocycles. The van der Waals surface area contributed by atoms with E-state index in [0.29, 0.717) is 11.5 Å². The maximum absolute atomic E-state index is 12.3. The van der Waals surface area contributed by atoms with Gasteiger partial charge in [0, 0.05) is 39.9 Å². The fourth-order valence-corrected chi connectivity index (χ4v) is 10.6. The highest BCUT2D eigenvalue weighted by Crippen LogP contribution is 2.39. The molecule has 0 amide bonds. The van der Waals surface area contributed by atoms with E-state index in [2.05, 4.69) is 38.1 Å². The number of aliphatic hydroxyl groups is 2. The fourth-order valence-electron chi connectivity index (χ4n) is 5.49. The second kappa shape index (κ2) is 17.8. The standard InChI is InChI=1S/C35H48O8S4/c1-21-11-25(12-22(2)31(21)40-15-27(36)17-42-33(38)29-19-44-7-9-46-29)35(5,6)26-13-23(3)32(24(4)14-26)41-16-28(37)18-43-34(39)30-20-45-8-10-47-30/h11-14,27-30,36-37H,7-10,15-20H2,1-6H3. The van der Waals surface area contributed by atoms with Crippen molar-refractivity contribution >= 4 is 59.0 Å². The molecule has 8 nitrogen and oxygen atoms in total. The van der Waals surface area contributed by atoms with Gasteiger partial charge in [0.1, 0.15) is 60.6 Å². The zero-order chi connectivity index (χ0) is 34.1.